The second-order valence-corrected chi connectivity index (χ2v) is 8.19. The van der Waals surface area contributed by atoms with Crippen molar-refractivity contribution in [3.8, 4) is 0 Å². The summed E-state index contributed by atoms with van der Waals surface area (Å²) in [5.74, 6) is -0.655. The minimum Gasteiger partial charge on any atom is -0.481 e. The van der Waals surface area contributed by atoms with Crippen molar-refractivity contribution in [1.29, 1.82) is 0 Å². The number of hydrogen-bond donors (Lipinski definition) is 6. The van der Waals surface area contributed by atoms with E-state index in [1.165, 1.54) is 70.6 Å². The minimum absolute atomic E-state index is 0.345. The Bertz CT molecular complexity index is 406. The second kappa shape index (κ2) is 19.0. The van der Waals surface area contributed by atoms with Crippen molar-refractivity contribution >= 4 is 5.97 Å². The highest BCUT2D eigenvalue weighted by molar-refractivity contribution is 5.66. The van der Waals surface area contributed by atoms with Gasteiger partial charge in [0.2, 0.25) is 0 Å². The van der Waals surface area contributed by atoms with E-state index in [1.807, 2.05) is 0 Å². The molecule has 0 aromatic heterocycles. The lowest BCUT2D eigenvalue weighted by molar-refractivity contribution is -0.248. The Morgan fingerprint density at radius 3 is 1.63 bits per heavy atom. The summed E-state index contributed by atoms with van der Waals surface area (Å²) >= 11 is 0. The molecule has 0 radical (unpaired) electrons. The number of aliphatic hydroxyl groups is 4. The molecule has 0 aliphatic carbocycles. The number of carboxylic acid groups (broad SMARTS) is 1. The first-order valence-electron chi connectivity index (χ1n) is 11.6. The van der Waals surface area contributed by atoms with E-state index < -0.39 is 43.2 Å². The zero-order valence-electron chi connectivity index (χ0n) is 18.6. The van der Waals surface area contributed by atoms with Crippen molar-refractivity contribution in [2.75, 3.05) is 6.61 Å². The number of ether oxygens (including phenoxy) is 1. The van der Waals surface area contributed by atoms with Crippen molar-refractivity contribution in [3.63, 3.8) is 0 Å². The van der Waals surface area contributed by atoms with Crippen molar-refractivity contribution in [1.82, 2.24) is 0 Å². The third-order valence-corrected chi connectivity index (χ3v) is 5.44. The number of hydrogen-bond acceptors (Lipinski definition) is 7. The van der Waals surface area contributed by atoms with Crippen molar-refractivity contribution in [2.24, 2.45) is 5.73 Å². The molecule has 1 heterocycles. The predicted molar refractivity (Wildman–Crippen MR) is 116 cm³/mol. The van der Waals surface area contributed by atoms with Crippen LogP contribution in [0, 0.1) is 0 Å². The molecule has 5 atom stereocenters. The van der Waals surface area contributed by atoms with Gasteiger partial charge >= 0.3 is 5.97 Å². The Labute approximate surface area is 181 Å². The van der Waals surface area contributed by atoms with Crippen LogP contribution in [0.15, 0.2) is 0 Å². The van der Waals surface area contributed by atoms with Crippen LogP contribution in [0.5, 0.6) is 0 Å². The number of aliphatic carboxylic acids is 1. The first-order chi connectivity index (χ1) is 14.3. The summed E-state index contributed by atoms with van der Waals surface area (Å²) in [7, 11) is 0. The molecule has 1 aliphatic rings. The van der Waals surface area contributed by atoms with Gasteiger partial charge in [-0.3, -0.25) is 4.79 Å². The van der Waals surface area contributed by atoms with Crippen LogP contribution < -0.4 is 5.73 Å². The fraction of sp³-hybridized carbons (Fsp3) is 0.955. The standard InChI is InChI=1S/C16H32O2.C6H13NO5/c1-2-3-4-5-6-7-8-9-10-11-12-13-14-15-16(17)18;7-3-5(10)4(9)2(1-8)12-6(3)11/h2-15H2,1H3,(H,17,18);2-6,8-11H,1,7H2/t;2-,3-,4-,5-,6?/m.1/s1. The third kappa shape index (κ3) is 14.3. The molecule has 0 aromatic rings. The van der Waals surface area contributed by atoms with Crippen molar-refractivity contribution in [2.45, 2.75) is 127 Å². The maximum Gasteiger partial charge on any atom is 0.303 e. The number of rotatable bonds is 15. The molecule has 180 valence electrons. The molecule has 1 aliphatic heterocycles. The molecule has 0 aromatic carbocycles. The Hall–Kier alpha value is -0.770. The summed E-state index contributed by atoms with van der Waals surface area (Å²) in [6.07, 6.45) is 12.4. The smallest absolute Gasteiger partial charge is 0.303 e. The highest BCUT2D eigenvalue weighted by Gasteiger charge is 2.41. The molecule has 8 nitrogen and oxygen atoms in total. The van der Waals surface area contributed by atoms with E-state index in [9.17, 15) is 15.0 Å². The first kappa shape index (κ1) is 29.2. The minimum atomic E-state index is -1.35. The van der Waals surface area contributed by atoms with E-state index in [4.69, 9.17) is 25.8 Å². The van der Waals surface area contributed by atoms with Gasteiger partial charge in [-0.05, 0) is 6.42 Å². The van der Waals surface area contributed by atoms with Gasteiger partial charge in [-0.25, -0.2) is 0 Å². The largest absolute Gasteiger partial charge is 0.481 e. The summed E-state index contributed by atoms with van der Waals surface area (Å²) in [6, 6.07) is -1.04. The Kier molecular flexibility index (Phi) is 18.5. The van der Waals surface area contributed by atoms with Crippen molar-refractivity contribution < 1.29 is 35.1 Å². The van der Waals surface area contributed by atoms with Crippen molar-refractivity contribution in [3.05, 3.63) is 0 Å². The third-order valence-electron chi connectivity index (χ3n) is 5.44. The van der Waals surface area contributed by atoms with Gasteiger partial charge in [0.25, 0.3) is 0 Å². The quantitative estimate of drug-likeness (QED) is 0.214. The average molecular weight is 436 g/mol. The van der Waals surface area contributed by atoms with Gasteiger partial charge in [-0.15, -0.1) is 0 Å². The van der Waals surface area contributed by atoms with Crippen LogP contribution in [-0.4, -0.2) is 68.8 Å². The topological polar surface area (TPSA) is 153 Å². The zero-order valence-corrected chi connectivity index (χ0v) is 18.6. The monoisotopic (exact) mass is 435 g/mol. The Balaban J connectivity index is 0.000000604. The van der Waals surface area contributed by atoms with E-state index in [-0.39, 0.29) is 0 Å². The van der Waals surface area contributed by atoms with Crippen LogP contribution in [0.2, 0.25) is 0 Å². The van der Waals surface area contributed by atoms with E-state index in [0.717, 1.165) is 12.8 Å². The summed E-state index contributed by atoms with van der Waals surface area (Å²) in [5.41, 5.74) is 5.26. The molecule has 1 rings (SSSR count). The number of carboxylic acids is 1. The molecule has 8 heteroatoms. The molecule has 0 amide bonds. The van der Waals surface area contributed by atoms with Crippen LogP contribution in [0.3, 0.4) is 0 Å². The van der Waals surface area contributed by atoms with Gasteiger partial charge in [0.15, 0.2) is 6.29 Å². The first-order valence-corrected chi connectivity index (χ1v) is 11.6. The normalized spacial score (nSPS) is 26.1. The molecule has 0 bridgehead atoms. The zero-order chi connectivity index (χ0) is 22.8. The van der Waals surface area contributed by atoms with Crippen LogP contribution in [-0.2, 0) is 9.53 Å². The van der Waals surface area contributed by atoms with Gasteiger partial charge in [0, 0.05) is 6.42 Å². The number of aliphatic hydroxyl groups excluding tert-OH is 4. The van der Waals surface area contributed by atoms with E-state index >= 15 is 0 Å². The average Bonchev–Trinajstić information content (AvgIpc) is 2.72. The molecule has 0 saturated carbocycles. The van der Waals surface area contributed by atoms with Crippen LogP contribution in [0.4, 0.5) is 0 Å². The van der Waals surface area contributed by atoms with Gasteiger partial charge in [-0.1, -0.05) is 84.0 Å². The van der Waals surface area contributed by atoms with Gasteiger partial charge in [0.1, 0.15) is 18.3 Å². The Morgan fingerprint density at radius 1 is 0.800 bits per heavy atom. The van der Waals surface area contributed by atoms with Crippen LogP contribution in [0.1, 0.15) is 96.8 Å². The van der Waals surface area contributed by atoms with Crippen LogP contribution >= 0.6 is 0 Å². The van der Waals surface area contributed by atoms with E-state index in [1.54, 1.807) is 0 Å². The van der Waals surface area contributed by atoms with Crippen LogP contribution in [0.25, 0.3) is 0 Å². The fourth-order valence-corrected chi connectivity index (χ4v) is 3.41. The molecule has 7 N–H and O–H groups in total. The lowest BCUT2D eigenvalue weighted by Crippen LogP contribution is -2.61. The molecule has 1 saturated heterocycles. The number of unbranched alkanes of at least 4 members (excludes halogenated alkanes) is 12. The maximum atomic E-state index is 10.3. The predicted octanol–water partition coefficient (Wildman–Crippen LogP) is 2.30. The van der Waals surface area contributed by atoms with E-state index in [2.05, 4.69) is 6.92 Å². The number of nitrogens with two attached hydrogens (primary N) is 1. The van der Waals surface area contributed by atoms with E-state index in [0.29, 0.717) is 6.42 Å². The van der Waals surface area contributed by atoms with Gasteiger partial charge in [0.05, 0.1) is 12.6 Å². The molecular formula is C22H45NO7. The molecule has 0 spiro atoms. The fourth-order valence-electron chi connectivity index (χ4n) is 3.41. The molecule has 30 heavy (non-hydrogen) atoms. The maximum absolute atomic E-state index is 10.3. The Morgan fingerprint density at radius 2 is 1.23 bits per heavy atom. The summed E-state index contributed by atoms with van der Waals surface area (Å²) in [4.78, 5) is 10.3. The highest BCUT2D eigenvalue weighted by atomic mass is 16.6. The lowest BCUT2D eigenvalue weighted by Gasteiger charge is -2.38. The van der Waals surface area contributed by atoms with Gasteiger partial charge < -0.3 is 36.0 Å². The summed E-state index contributed by atoms with van der Waals surface area (Å²) in [6.45, 7) is 1.79. The van der Waals surface area contributed by atoms with Gasteiger partial charge in [-0.2, -0.15) is 0 Å². The highest BCUT2D eigenvalue weighted by Crippen LogP contribution is 2.17. The second-order valence-electron chi connectivity index (χ2n) is 8.19. The summed E-state index contributed by atoms with van der Waals surface area (Å²) in [5, 5.41) is 44.6. The summed E-state index contributed by atoms with van der Waals surface area (Å²) < 4.78 is 4.70. The number of carbonyl (C=O) groups is 1. The lowest BCUT2D eigenvalue weighted by atomic mass is 9.98. The molecular weight excluding hydrogens is 390 g/mol. The molecule has 1 unspecified atom stereocenters. The molecule has 1 fully saturated rings. The SMILES string of the molecule is CCCCCCCCCCCCCCCC(=O)O.N[C@H]1C(O)O[C@H](CO)[C@@H](O)[C@@H]1O.